The van der Waals surface area contributed by atoms with Crippen molar-refractivity contribution in [1.29, 1.82) is 0 Å². The molecule has 0 bridgehead atoms. The molecule has 0 saturated heterocycles. The molecular formula is C17H23N3O2. The fourth-order valence-electron chi connectivity index (χ4n) is 2.35. The summed E-state index contributed by atoms with van der Waals surface area (Å²) in [7, 11) is 0. The molecule has 2 aromatic rings. The molecule has 0 aliphatic carbocycles. The van der Waals surface area contributed by atoms with E-state index in [1.54, 1.807) is 0 Å². The van der Waals surface area contributed by atoms with Crippen molar-refractivity contribution in [3.63, 3.8) is 0 Å². The molecule has 0 radical (unpaired) electrons. The van der Waals surface area contributed by atoms with Gasteiger partial charge in [0, 0.05) is 18.5 Å². The zero-order valence-electron chi connectivity index (χ0n) is 13.3. The molecule has 1 aromatic heterocycles. The van der Waals surface area contributed by atoms with Crippen molar-refractivity contribution >= 4 is 5.91 Å². The van der Waals surface area contributed by atoms with E-state index in [1.807, 2.05) is 45.0 Å². The predicted octanol–water partition coefficient (Wildman–Crippen LogP) is 2.42. The van der Waals surface area contributed by atoms with Gasteiger partial charge in [-0.1, -0.05) is 48.8 Å². The van der Waals surface area contributed by atoms with Crippen LogP contribution in [-0.2, 0) is 24.2 Å². The third-order valence-corrected chi connectivity index (χ3v) is 3.77. The lowest BCUT2D eigenvalue weighted by molar-refractivity contribution is -0.122. The largest absolute Gasteiger partial charge is 0.361 e. The van der Waals surface area contributed by atoms with E-state index >= 15 is 0 Å². The maximum Gasteiger partial charge on any atom is 0.241 e. The minimum Gasteiger partial charge on any atom is -0.361 e. The van der Waals surface area contributed by atoms with Crippen LogP contribution < -0.4 is 11.1 Å². The highest BCUT2D eigenvalue weighted by atomic mass is 16.5. The molecule has 3 N–H and O–H groups in total. The smallest absolute Gasteiger partial charge is 0.241 e. The van der Waals surface area contributed by atoms with Gasteiger partial charge in [-0.15, -0.1) is 0 Å². The fraction of sp³-hybridized carbons (Fsp3) is 0.412. The van der Waals surface area contributed by atoms with Crippen LogP contribution in [-0.4, -0.2) is 11.1 Å². The Morgan fingerprint density at radius 1 is 1.27 bits per heavy atom. The highest BCUT2D eigenvalue weighted by Gasteiger charge is 2.18. The van der Waals surface area contributed by atoms with Gasteiger partial charge in [-0.05, 0) is 18.9 Å². The number of benzene rings is 1. The molecule has 118 valence electrons. The van der Waals surface area contributed by atoms with Crippen molar-refractivity contribution in [3.05, 3.63) is 52.4 Å². The van der Waals surface area contributed by atoms with Crippen molar-refractivity contribution < 1.29 is 9.32 Å². The molecule has 1 unspecified atom stereocenters. The first-order valence-electron chi connectivity index (χ1n) is 7.62. The summed E-state index contributed by atoms with van der Waals surface area (Å²) in [5, 5.41) is 6.92. The molecule has 22 heavy (non-hydrogen) atoms. The first-order valence-corrected chi connectivity index (χ1v) is 7.62. The topological polar surface area (TPSA) is 81.2 Å². The van der Waals surface area contributed by atoms with Crippen molar-refractivity contribution in [2.24, 2.45) is 5.73 Å². The normalized spacial score (nSPS) is 12.2. The van der Waals surface area contributed by atoms with Crippen molar-refractivity contribution in [2.75, 3.05) is 0 Å². The minimum atomic E-state index is -0.671. The van der Waals surface area contributed by atoms with Gasteiger partial charge in [0.15, 0.2) is 0 Å². The Balaban J connectivity index is 2.03. The zero-order chi connectivity index (χ0) is 16.1. The van der Waals surface area contributed by atoms with Crippen LogP contribution in [0.1, 0.15) is 48.0 Å². The van der Waals surface area contributed by atoms with E-state index in [0.717, 1.165) is 41.0 Å². The Hall–Kier alpha value is -2.14. The number of nitrogens with zero attached hydrogens (tertiary/aromatic N) is 1. The Morgan fingerprint density at radius 2 is 1.95 bits per heavy atom. The van der Waals surface area contributed by atoms with E-state index in [1.165, 1.54) is 0 Å². The summed E-state index contributed by atoms with van der Waals surface area (Å²) in [6.07, 6.45) is 1.53. The van der Waals surface area contributed by atoms with Gasteiger partial charge in [0.2, 0.25) is 5.91 Å². The number of carbonyl (C=O) groups is 1. The van der Waals surface area contributed by atoms with E-state index in [2.05, 4.69) is 10.5 Å². The summed E-state index contributed by atoms with van der Waals surface area (Å²) in [6, 6.07) is 7.00. The number of rotatable bonds is 6. The Morgan fingerprint density at radius 3 is 2.55 bits per heavy atom. The Labute approximate surface area is 130 Å². The van der Waals surface area contributed by atoms with Gasteiger partial charge >= 0.3 is 0 Å². The first kappa shape index (κ1) is 16.2. The van der Waals surface area contributed by atoms with Crippen LogP contribution in [0.4, 0.5) is 0 Å². The van der Waals surface area contributed by atoms with Gasteiger partial charge in [0.25, 0.3) is 0 Å². The van der Waals surface area contributed by atoms with Crippen LogP contribution in [0.2, 0.25) is 0 Å². The van der Waals surface area contributed by atoms with Gasteiger partial charge in [-0.2, -0.15) is 0 Å². The summed E-state index contributed by atoms with van der Waals surface area (Å²) < 4.78 is 5.29. The number of aromatic nitrogens is 1. The van der Waals surface area contributed by atoms with Crippen LogP contribution in [0.3, 0.4) is 0 Å². The van der Waals surface area contributed by atoms with Crippen LogP contribution in [0.15, 0.2) is 28.8 Å². The minimum absolute atomic E-state index is 0.200. The maximum atomic E-state index is 12.2. The lowest BCUT2D eigenvalue weighted by atomic mass is 10.0. The molecule has 0 saturated carbocycles. The molecule has 2 rings (SSSR count). The summed E-state index contributed by atoms with van der Waals surface area (Å²) in [4.78, 5) is 12.2. The zero-order valence-corrected chi connectivity index (χ0v) is 13.3. The summed E-state index contributed by atoms with van der Waals surface area (Å²) in [5.41, 5.74) is 9.82. The van der Waals surface area contributed by atoms with Gasteiger partial charge in [0.05, 0.1) is 5.69 Å². The molecule has 1 amide bonds. The lowest BCUT2D eigenvalue weighted by Gasteiger charge is -2.13. The van der Waals surface area contributed by atoms with Crippen molar-refractivity contribution in [1.82, 2.24) is 10.5 Å². The van der Waals surface area contributed by atoms with E-state index in [4.69, 9.17) is 10.3 Å². The molecule has 0 fully saturated rings. The monoisotopic (exact) mass is 301 g/mol. The average molecular weight is 301 g/mol. The van der Waals surface area contributed by atoms with Crippen LogP contribution in [0.25, 0.3) is 0 Å². The van der Waals surface area contributed by atoms with E-state index in [0.29, 0.717) is 6.54 Å². The standard InChI is InChI=1S/C17H23N3O2/c1-4-14-13(15(5-2)22-20-14)10-19-17(21)16(18)12-8-6-11(3)7-9-12/h6-9,16H,4-5,10,18H2,1-3H3,(H,19,21). The summed E-state index contributed by atoms with van der Waals surface area (Å²) >= 11 is 0. The van der Waals surface area contributed by atoms with Gasteiger partial charge < -0.3 is 15.6 Å². The predicted molar refractivity (Wildman–Crippen MR) is 85.2 cm³/mol. The highest BCUT2D eigenvalue weighted by Crippen LogP contribution is 2.16. The van der Waals surface area contributed by atoms with Gasteiger partial charge in [-0.25, -0.2) is 0 Å². The average Bonchev–Trinajstić information content (AvgIpc) is 2.94. The van der Waals surface area contributed by atoms with Gasteiger partial charge in [0.1, 0.15) is 11.8 Å². The molecule has 5 heteroatoms. The Kier molecular flexibility index (Phi) is 5.33. The first-order chi connectivity index (χ1) is 10.6. The second kappa shape index (κ2) is 7.22. The summed E-state index contributed by atoms with van der Waals surface area (Å²) in [6.45, 7) is 6.41. The second-order valence-electron chi connectivity index (χ2n) is 5.34. The SMILES string of the molecule is CCc1noc(CC)c1CNC(=O)C(N)c1ccc(C)cc1. The van der Waals surface area contributed by atoms with E-state index in [-0.39, 0.29) is 5.91 Å². The number of amides is 1. The number of aryl methyl sites for hydroxylation is 3. The van der Waals surface area contributed by atoms with Crippen LogP contribution >= 0.6 is 0 Å². The van der Waals surface area contributed by atoms with Crippen LogP contribution in [0.5, 0.6) is 0 Å². The molecule has 1 aromatic carbocycles. The highest BCUT2D eigenvalue weighted by molar-refractivity contribution is 5.82. The number of hydrogen-bond donors (Lipinski definition) is 2. The molecular weight excluding hydrogens is 278 g/mol. The molecule has 0 spiro atoms. The second-order valence-corrected chi connectivity index (χ2v) is 5.34. The molecule has 1 atom stereocenters. The van der Waals surface area contributed by atoms with Crippen molar-refractivity contribution in [2.45, 2.75) is 46.2 Å². The van der Waals surface area contributed by atoms with Gasteiger partial charge in [-0.3, -0.25) is 4.79 Å². The summed E-state index contributed by atoms with van der Waals surface area (Å²) in [5.74, 6) is 0.621. The van der Waals surface area contributed by atoms with E-state index in [9.17, 15) is 4.79 Å². The number of nitrogens with one attached hydrogen (secondary N) is 1. The lowest BCUT2D eigenvalue weighted by Crippen LogP contribution is -2.34. The number of hydrogen-bond acceptors (Lipinski definition) is 4. The maximum absolute atomic E-state index is 12.2. The van der Waals surface area contributed by atoms with Crippen molar-refractivity contribution in [3.8, 4) is 0 Å². The van der Waals surface area contributed by atoms with E-state index < -0.39 is 6.04 Å². The fourth-order valence-corrected chi connectivity index (χ4v) is 2.35. The third-order valence-electron chi connectivity index (χ3n) is 3.77. The quantitative estimate of drug-likeness (QED) is 0.858. The number of carbonyl (C=O) groups excluding carboxylic acids is 1. The molecule has 0 aliphatic rings. The molecule has 1 heterocycles. The molecule has 0 aliphatic heterocycles. The number of nitrogens with two attached hydrogens (primary N) is 1. The molecule has 5 nitrogen and oxygen atoms in total. The third kappa shape index (κ3) is 3.54. The van der Waals surface area contributed by atoms with Crippen LogP contribution in [0, 0.1) is 6.92 Å². The Bertz CT molecular complexity index is 610.